The summed E-state index contributed by atoms with van der Waals surface area (Å²) in [6, 6.07) is 5.14. The van der Waals surface area contributed by atoms with Crippen LogP contribution in [-0.2, 0) is 14.4 Å². The number of hydrogen-bond acceptors (Lipinski definition) is 5. The van der Waals surface area contributed by atoms with Crippen molar-refractivity contribution < 1.29 is 29.0 Å². The third kappa shape index (κ3) is 4.07. The lowest BCUT2D eigenvalue weighted by Crippen LogP contribution is -2.38. The van der Waals surface area contributed by atoms with Gasteiger partial charge in [-0.3, -0.25) is 14.4 Å². The fourth-order valence-corrected chi connectivity index (χ4v) is 3.01. The Kier molecular flexibility index (Phi) is 6.07. The number of carbonyl (C=O) groups excluding carboxylic acids is 2. The predicted octanol–water partition coefficient (Wildman–Crippen LogP) is 1.24. The smallest absolute Gasteiger partial charge is 0.308 e. The number of aliphatic carboxylic acids is 1. The van der Waals surface area contributed by atoms with E-state index in [1.807, 2.05) is 0 Å². The van der Waals surface area contributed by atoms with Crippen LogP contribution >= 0.6 is 0 Å². The van der Waals surface area contributed by atoms with Crippen molar-refractivity contribution in [2.24, 2.45) is 11.8 Å². The molecule has 1 saturated heterocycles. The van der Waals surface area contributed by atoms with Crippen molar-refractivity contribution in [3.05, 3.63) is 18.2 Å². The zero-order chi connectivity index (χ0) is 19.4. The number of carbonyl (C=O) groups is 3. The van der Waals surface area contributed by atoms with Crippen LogP contribution in [0.2, 0.25) is 0 Å². The first-order valence-electron chi connectivity index (χ1n) is 8.28. The van der Waals surface area contributed by atoms with E-state index in [0.717, 1.165) is 0 Å². The third-order valence-corrected chi connectivity index (χ3v) is 4.50. The molecule has 1 aromatic rings. The minimum absolute atomic E-state index is 0.0962. The van der Waals surface area contributed by atoms with E-state index >= 15 is 0 Å². The van der Waals surface area contributed by atoms with E-state index in [1.165, 1.54) is 19.1 Å². The molecule has 2 rings (SSSR count). The molecule has 1 N–H and O–H groups in total. The Morgan fingerprint density at radius 2 is 1.96 bits per heavy atom. The fourth-order valence-electron chi connectivity index (χ4n) is 3.01. The molecule has 2 amide bonds. The van der Waals surface area contributed by atoms with Crippen molar-refractivity contribution in [2.75, 3.05) is 39.3 Å². The summed E-state index contributed by atoms with van der Waals surface area (Å²) >= 11 is 0. The van der Waals surface area contributed by atoms with Gasteiger partial charge < -0.3 is 24.4 Å². The van der Waals surface area contributed by atoms with Gasteiger partial charge in [-0.15, -0.1) is 0 Å². The largest absolute Gasteiger partial charge is 0.493 e. The van der Waals surface area contributed by atoms with Gasteiger partial charge in [-0.2, -0.15) is 0 Å². The zero-order valence-electron chi connectivity index (χ0n) is 15.4. The Morgan fingerprint density at radius 3 is 2.54 bits per heavy atom. The molecule has 8 nitrogen and oxygen atoms in total. The summed E-state index contributed by atoms with van der Waals surface area (Å²) in [5.41, 5.74) is 0.629. The van der Waals surface area contributed by atoms with Crippen LogP contribution in [0.15, 0.2) is 18.2 Å². The summed E-state index contributed by atoms with van der Waals surface area (Å²) in [6.07, 6.45) is 0.0962. The van der Waals surface area contributed by atoms with Crippen LogP contribution < -0.4 is 14.4 Å². The maximum atomic E-state index is 12.6. The van der Waals surface area contributed by atoms with Gasteiger partial charge in [-0.1, -0.05) is 6.92 Å². The molecule has 142 valence electrons. The van der Waals surface area contributed by atoms with Crippen molar-refractivity contribution in [1.29, 1.82) is 0 Å². The number of ether oxygens (including phenoxy) is 2. The van der Waals surface area contributed by atoms with Gasteiger partial charge in [-0.05, 0) is 12.1 Å². The second-order valence-corrected chi connectivity index (χ2v) is 6.40. The first kappa shape index (κ1) is 19.6. The van der Waals surface area contributed by atoms with E-state index in [9.17, 15) is 14.4 Å². The number of benzene rings is 1. The molecular formula is C18H24N2O6. The molecule has 26 heavy (non-hydrogen) atoms. The SMILES string of the molecule is COc1ccc(N2C[C@H](C(=O)N(C)C[C@H](C)C(=O)O)CC2=O)cc1OC. The second kappa shape index (κ2) is 8.07. The molecule has 0 saturated carbocycles. The van der Waals surface area contributed by atoms with E-state index in [4.69, 9.17) is 14.6 Å². The number of carboxylic acid groups (broad SMARTS) is 1. The van der Waals surface area contributed by atoms with Crippen molar-refractivity contribution >= 4 is 23.5 Å². The molecule has 1 heterocycles. The molecule has 0 spiro atoms. The molecule has 1 aliphatic rings. The molecule has 2 atom stereocenters. The molecule has 0 aliphatic carbocycles. The second-order valence-electron chi connectivity index (χ2n) is 6.40. The Labute approximate surface area is 152 Å². The highest BCUT2D eigenvalue weighted by Crippen LogP contribution is 2.34. The summed E-state index contributed by atoms with van der Waals surface area (Å²) in [5, 5.41) is 8.98. The van der Waals surface area contributed by atoms with Gasteiger partial charge in [-0.25, -0.2) is 0 Å². The van der Waals surface area contributed by atoms with E-state index in [0.29, 0.717) is 17.2 Å². The lowest BCUT2D eigenvalue weighted by atomic mass is 10.1. The minimum Gasteiger partial charge on any atom is -0.493 e. The average molecular weight is 364 g/mol. The minimum atomic E-state index is -0.959. The Morgan fingerprint density at radius 1 is 1.31 bits per heavy atom. The van der Waals surface area contributed by atoms with E-state index < -0.39 is 17.8 Å². The van der Waals surface area contributed by atoms with Gasteiger partial charge in [0.05, 0.1) is 26.1 Å². The maximum absolute atomic E-state index is 12.6. The molecule has 0 unspecified atom stereocenters. The van der Waals surface area contributed by atoms with Gasteiger partial charge in [0.1, 0.15) is 0 Å². The normalized spacial score (nSPS) is 17.8. The van der Waals surface area contributed by atoms with Crippen molar-refractivity contribution in [3.63, 3.8) is 0 Å². The number of anilines is 1. The van der Waals surface area contributed by atoms with Crippen LogP contribution in [0.1, 0.15) is 13.3 Å². The molecule has 0 radical (unpaired) electrons. The number of carboxylic acids is 1. The lowest BCUT2D eigenvalue weighted by Gasteiger charge is -2.23. The van der Waals surface area contributed by atoms with Crippen molar-refractivity contribution in [2.45, 2.75) is 13.3 Å². The number of nitrogens with zero attached hydrogens (tertiary/aromatic N) is 2. The monoisotopic (exact) mass is 364 g/mol. The quantitative estimate of drug-likeness (QED) is 0.782. The Balaban J connectivity index is 2.10. The van der Waals surface area contributed by atoms with E-state index in [-0.39, 0.29) is 31.3 Å². The molecular weight excluding hydrogens is 340 g/mol. The van der Waals surface area contributed by atoms with Gasteiger partial charge in [0.15, 0.2) is 11.5 Å². The topological polar surface area (TPSA) is 96.4 Å². The molecule has 8 heteroatoms. The Bertz CT molecular complexity index is 705. The van der Waals surface area contributed by atoms with Crippen LogP contribution in [-0.4, -0.2) is 62.1 Å². The number of amides is 2. The molecule has 1 aromatic carbocycles. The number of methoxy groups -OCH3 is 2. The molecule has 1 aliphatic heterocycles. The van der Waals surface area contributed by atoms with E-state index in [1.54, 1.807) is 37.1 Å². The maximum Gasteiger partial charge on any atom is 0.308 e. The van der Waals surface area contributed by atoms with Crippen LogP contribution in [0, 0.1) is 11.8 Å². The first-order chi connectivity index (χ1) is 12.3. The summed E-state index contributed by atoms with van der Waals surface area (Å²) in [5.74, 6) is -1.45. The molecule has 0 bridgehead atoms. The number of hydrogen-bond donors (Lipinski definition) is 1. The number of rotatable bonds is 7. The standard InChI is InChI=1S/C18H24N2O6/c1-11(18(23)24)9-19(2)17(22)12-7-16(21)20(10-12)13-5-6-14(25-3)15(8-13)26-4/h5-6,8,11-12H,7,9-10H2,1-4H3,(H,23,24)/t11-,12+/m0/s1. The summed E-state index contributed by atoms with van der Waals surface area (Å²) in [6.45, 7) is 1.90. The van der Waals surface area contributed by atoms with Gasteiger partial charge in [0, 0.05) is 38.3 Å². The molecule has 1 fully saturated rings. The third-order valence-electron chi connectivity index (χ3n) is 4.50. The van der Waals surface area contributed by atoms with Crippen molar-refractivity contribution in [1.82, 2.24) is 4.90 Å². The predicted molar refractivity (Wildman–Crippen MR) is 94.4 cm³/mol. The zero-order valence-corrected chi connectivity index (χ0v) is 15.4. The highest BCUT2D eigenvalue weighted by atomic mass is 16.5. The van der Waals surface area contributed by atoms with E-state index in [2.05, 4.69) is 0 Å². The first-order valence-corrected chi connectivity index (χ1v) is 8.28. The highest BCUT2D eigenvalue weighted by Gasteiger charge is 2.37. The lowest BCUT2D eigenvalue weighted by molar-refractivity contribution is -0.143. The fraction of sp³-hybridized carbons (Fsp3) is 0.500. The van der Waals surface area contributed by atoms with Crippen LogP contribution in [0.4, 0.5) is 5.69 Å². The van der Waals surface area contributed by atoms with Crippen LogP contribution in [0.5, 0.6) is 11.5 Å². The van der Waals surface area contributed by atoms with Crippen LogP contribution in [0.25, 0.3) is 0 Å². The summed E-state index contributed by atoms with van der Waals surface area (Å²) in [7, 11) is 4.60. The summed E-state index contributed by atoms with van der Waals surface area (Å²) < 4.78 is 10.4. The average Bonchev–Trinajstić information content (AvgIpc) is 3.01. The van der Waals surface area contributed by atoms with Gasteiger partial charge in [0.25, 0.3) is 0 Å². The summed E-state index contributed by atoms with van der Waals surface area (Å²) in [4.78, 5) is 38.8. The van der Waals surface area contributed by atoms with Crippen LogP contribution in [0.3, 0.4) is 0 Å². The molecule has 0 aromatic heterocycles. The highest BCUT2D eigenvalue weighted by molar-refractivity contribution is 6.00. The van der Waals surface area contributed by atoms with Crippen molar-refractivity contribution in [3.8, 4) is 11.5 Å². The van der Waals surface area contributed by atoms with Gasteiger partial charge >= 0.3 is 5.97 Å². The Hall–Kier alpha value is -2.77. The van der Waals surface area contributed by atoms with Gasteiger partial charge in [0.2, 0.25) is 11.8 Å².